The molecule has 1 amide bonds. The van der Waals surface area contributed by atoms with Crippen molar-refractivity contribution in [2.75, 3.05) is 5.32 Å². The van der Waals surface area contributed by atoms with E-state index in [2.05, 4.69) is 10.3 Å². The highest BCUT2D eigenvalue weighted by Gasteiger charge is 2.21. The molecule has 4 rings (SSSR count). The molecule has 0 saturated carbocycles. The largest absolute Gasteiger partial charge is 0.444 e. The summed E-state index contributed by atoms with van der Waals surface area (Å²) in [6.45, 7) is 1.95. The molecule has 31 heavy (non-hydrogen) atoms. The SMILES string of the molecule is Cc1ccc(-c2nc(NC(=O)c3ccc([N+](=O)[O-])o3)sc2Oc2ccc(F)cc2)cc1. The molecule has 0 bridgehead atoms. The number of anilines is 1. The van der Waals surface area contributed by atoms with Crippen molar-refractivity contribution in [3.05, 3.63) is 87.9 Å². The maximum Gasteiger partial charge on any atom is 0.433 e. The lowest BCUT2D eigenvalue weighted by Crippen LogP contribution is -2.10. The first-order valence-electron chi connectivity index (χ1n) is 8.96. The molecule has 0 saturated heterocycles. The fraction of sp³-hybridized carbons (Fsp3) is 0.0476. The number of nitro groups is 1. The van der Waals surface area contributed by atoms with Crippen LogP contribution in [0.15, 0.2) is 65.1 Å². The summed E-state index contributed by atoms with van der Waals surface area (Å²) < 4.78 is 24.0. The highest BCUT2D eigenvalue weighted by molar-refractivity contribution is 7.18. The molecule has 4 aromatic rings. The number of furan rings is 1. The second-order valence-corrected chi connectivity index (χ2v) is 7.39. The molecule has 1 N–H and O–H groups in total. The highest BCUT2D eigenvalue weighted by Crippen LogP contribution is 2.40. The number of halogens is 1. The van der Waals surface area contributed by atoms with Crippen molar-refractivity contribution in [3.8, 4) is 22.1 Å². The van der Waals surface area contributed by atoms with Crippen LogP contribution in [-0.4, -0.2) is 15.8 Å². The van der Waals surface area contributed by atoms with Crippen LogP contribution in [0.1, 0.15) is 16.1 Å². The standard InChI is InChI=1S/C21H14FN3O5S/c1-12-2-4-13(5-3-12)18-20(29-15-8-6-14(22)7-9-15)31-21(23-18)24-19(26)16-10-11-17(30-16)25(27)28/h2-11H,1H3,(H,23,24,26). The number of nitrogens with one attached hydrogen (secondary N) is 1. The van der Waals surface area contributed by atoms with Crippen molar-refractivity contribution in [1.82, 2.24) is 4.98 Å². The zero-order valence-corrected chi connectivity index (χ0v) is 16.8. The molecule has 0 fully saturated rings. The number of hydrogen-bond donors (Lipinski definition) is 1. The van der Waals surface area contributed by atoms with Gasteiger partial charge in [-0.2, -0.15) is 0 Å². The quantitative estimate of drug-likeness (QED) is 0.300. The van der Waals surface area contributed by atoms with Gasteiger partial charge in [0.1, 0.15) is 22.2 Å². The van der Waals surface area contributed by atoms with E-state index < -0.39 is 22.5 Å². The maximum atomic E-state index is 13.2. The van der Waals surface area contributed by atoms with Crippen molar-refractivity contribution in [3.63, 3.8) is 0 Å². The molecule has 2 aromatic heterocycles. The van der Waals surface area contributed by atoms with E-state index in [1.807, 2.05) is 31.2 Å². The van der Waals surface area contributed by atoms with E-state index in [0.29, 0.717) is 16.5 Å². The third-order valence-corrected chi connectivity index (χ3v) is 5.01. The Kier molecular flexibility index (Phi) is 5.46. The fourth-order valence-corrected chi connectivity index (χ4v) is 3.49. The number of benzene rings is 2. The monoisotopic (exact) mass is 439 g/mol. The van der Waals surface area contributed by atoms with E-state index in [-0.39, 0.29) is 10.9 Å². The average Bonchev–Trinajstić information content (AvgIpc) is 3.38. The van der Waals surface area contributed by atoms with E-state index in [4.69, 9.17) is 9.15 Å². The summed E-state index contributed by atoms with van der Waals surface area (Å²) in [5.41, 5.74) is 2.30. The smallest absolute Gasteiger partial charge is 0.433 e. The van der Waals surface area contributed by atoms with Gasteiger partial charge in [-0.25, -0.2) is 9.37 Å². The number of rotatable bonds is 6. The summed E-state index contributed by atoms with van der Waals surface area (Å²) in [5.74, 6) is -1.44. The molecule has 0 aliphatic heterocycles. The van der Waals surface area contributed by atoms with E-state index >= 15 is 0 Å². The molecule has 8 nitrogen and oxygen atoms in total. The minimum Gasteiger partial charge on any atom is -0.444 e. The van der Waals surface area contributed by atoms with Gasteiger partial charge in [0.2, 0.25) is 5.06 Å². The van der Waals surface area contributed by atoms with E-state index in [1.54, 1.807) is 0 Å². The topological polar surface area (TPSA) is 108 Å². The van der Waals surface area contributed by atoms with Gasteiger partial charge in [0.05, 0.1) is 6.07 Å². The number of aryl methyl sites for hydroxylation is 1. The van der Waals surface area contributed by atoms with Crippen LogP contribution in [0.25, 0.3) is 11.3 Å². The normalized spacial score (nSPS) is 10.6. The van der Waals surface area contributed by atoms with Gasteiger partial charge in [-0.3, -0.25) is 20.2 Å². The number of ether oxygens (including phenoxy) is 1. The van der Waals surface area contributed by atoms with Crippen molar-refractivity contribution < 1.29 is 23.3 Å². The first-order chi connectivity index (χ1) is 14.9. The first-order valence-corrected chi connectivity index (χ1v) is 9.77. The van der Waals surface area contributed by atoms with Crippen LogP contribution in [0.4, 0.5) is 15.4 Å². The van der Waals surface area contributed by atoms with Crippen LogP contribution >= 0.6 is 11.3 Å². The van der Waals surface area contributed by atoms with Crippen molar-refractivity contribution >= 4 is 28.3 Å². The van der Waals surface area contributed by atoms with Gasteiger partial charge < -0.3 is 9.15 Å². The maximum absolute atomic E-state index is 13.2. The van der Waals surface area contributed by atoms with E-state index in [9.17, 15) is 19.3 Å². The Balaban J connectivity index is 1.64. The lowest BCUT2D eigenvalue weighted by molar-refractivity contribution is -0.402. The summed E-state index contributed by atoms with van der Waals surface area (Å²) in [4.78, 5) is 26.9. The van der Waals surface area contributed by atoms with Gasteiger partial charge in [0, 0.05) is 5.56 Å². The molecule has 2 heterocycles. The molecule has 0 aliphatic carbocycles. The fourth-order valence-electron chi connectivity index (χ4n) is 2.64. The van der Waals surface area contributed by atoms with E-state index in [0.717, 1.165) is 28.5 Å². The molecule has 0 radical (unpaired) electrons. The third-order valence-electron chi connectivity index (χ3n) is 4.16. The lowest BCUT2D eigenvalue weighted by atomic mass is 10.1. The average molecular weight is 439 g/mol. The Morgan fingerprint density at radius 3 is 2.48 bits per heavy atom. The van der Waals surface area contributed by atoms with Gasteiger partial charge in [0.15, 0.2) is 10.9 Å². The molecular weight excluding hydrogens is 425 g/mol. The zero-order chi connectivity index (χ0) is 22.0. The Morgan fingerprint density at radius 2 is 1.84 bits per heavy atom. The molecule has 156 valence electrons. The summed E-state index contributed by atoms with van der Waals surface area (Å²) in [7, 11) is 0. The van der Waals surface area contributed by atoms with Crippen molar-refractivity contribution in [2.24, 2.45) is 0 Å². The van der Waals surface area contributed by atoms with E-state index in [1.165, 1.54) is 30.3 Å². The van der Waals surface area contributed by atoms with Gasteiger partial charge in [0.25, 0.3) is 5.91 Å². The number of nitrogens with zero attached hydrogens (tertiary/aromatic N) is 2. The van der Waals surface area contributed by atoms with Gasteiger partial charge in [-0.1, -0.05) is 41.2 Å². The van der Waals surface area contributed by atoms with Crippen molar-refractivity contribution in [1.29, 1.82) is 0 Å². The number of amides is 1. The summed E-state index contributed by atoms with van der Waals surface area (Å²) in [6.07, 6.45) is 0. The Morgan fingerprint density at radius 1 is 1.13 bits per heavy atom. The number of carbonyl (C=O) groups excluding carboxylic acids is 1. The molecular formula is C21H14FN3O5S. The molecule has 0 spiro atoms. The number of thiazole rings is 1. The summed E-state index contributed by atoms with van der Waals surface area (Å²) >= 11 is 1.06. The zero-order valence-electron chi connectivity index (χ0n) is 16.0. The first kappa shape index (κ1) is 20.2. The molecule has 0 aliphatic rings. The van der Waals surface area contributed by atoms with Crippen molar-refractivity contribution in [2.45, 2.75) is 6.92 Å². The van der Waals surface area contributed by atoms with Gasteiger partial charge in [-0.15, -0.1) is 0 Å². The predicted molar refractivity (Wildman–Crippen MR) is 112 cm³/mol. The second kappa shape index (κ2) is 8.36. The number of carbonyl (C=O) groups is 1. The molecule has 0 atom stereocenters. The van der Waals surface area contributed by atoms with Crippen LogP contribution in [-0.2, 0) is 0 Å². The minimum absolute atomic E-state index is 0.205. The summed E-state index contributed by atoms with van der Waals surface area (Å²) in [6, 6.07) is 15.4. The van der Waals surface area contributed by atoms with Gasteiger partial charge >= 0.3 is 5.88 Å². The van der Waals surface area contributed by atoms with Crippen LogP contribution in [0, 0.1) is 22.9 Å². The predicted octanol–water partition coefficient (Wildman–Crippen LogP) is 5.80. The Labute approximate surface area is 179 Å². The Bertz CT molecular complexity index is 1250. The minimum atomic E-state index is -0.732. The van der Waals surface area contributed by atoms with Crippen LogP contribution in [0.3, 0.4) is 0 Å². The molecule has 10 heteroatoms. The lowest BCUT2D eigenvalue weighted by Gasteiger charge is -2.05. The van der Waals surface area contributed by atoms with Gasteiger partial charge in [-0.05, 0) is 37.3 Å². The van der Waals surface area contributed by atoms with Crippen LogP contribution < -0.4 is 10.1 Å². The molecule has 2 aromatic carbocycles. The number of hydrogen-bond acceptors (Lipinski definition) is 7. The van der Waals surface area contributed by atoms with Crippen LogP contribution in [0.2, 0.25) is 0 Å². The number of aromatic nitrogens is 1. The third kappa shape index (κ3) is 4.59. The Hall–Kier alpha value is -4.05. The second-order valence-electron chi connectivity index (χ2n) is 6.43. The highest BCUT2D eigenvalue weighted by atomic mass is 32.1. The van der Waals surface area contributed by atoms with Crippen LogP contribution in [0.5, 0.6) is 10.8 Å². The molecule has 0 unspecified atom stereocenters. The summed E-state index contributed by atoms with van der Waals surface area (Å²) in [5, 5.41) is 13.9.